The Morgan fingerprint density at radius 1 is 0.756 bits per heavy atom. The van der Waals surface area contributed by atoms with Gasteiger partial charge in [-0.05, 0) is 115 Å². The topological polar surface area (TPSA) is 34.2 Å². The fourth-order valence-electron chi connectivity index (χ4n) is 7.43. The Morgan fingerprint density at radius 2 is 1.42 bits per heavy atom. The summed E-state index contributed by atoms with van der Waals surface area (Å²) in [7, 11) is 4.49. The van der Waals surface area contributed by atoms with Crippen LogP contribution < -0.4 is 14.2 Å². The molecule has 2 aliphatic heterocycles. The molecule has 246 valence electrons. The van der Waals surface area contributed by atoms with E-state index in [4.69, 9.17) is 14.2 Å². The van der Waals surface area contributed by atoms with Crippen LogP contribution in [0.4, 0.5) is 0 Å². The molecule has 5 heteroatoms. The van der Waals surface area contributed by atoms with Gasteiger partial charge in [0.2, 0.25) is 0 Å². The molecule has 0 bridgehead atoms. The number of likely N-dealkylation sites (tertiary alicyclic amines) is 2. The summed E-state index contributed by atoms with van der Waals surface area (Å²) >= 11 is 0. The Bertz CT molecular complexity index is 1240. The number of hydrogen-bond acceptors (Lipinski definition) is 5. The lowest BCUT2D eigenvalue weighted by Gasteiger charge is -2.31. The quantitative estimate of drug-likeness (QED) is 0.177. The van der Waals surface area contributed by atoms with Crippen LogP contribution >= 0.6 is 0 Å². The van der Waals surface area contributed by atoms with Gasteiger partial charge in [0.05, 0.1) is 13.2 Å². The van der Waals surface area contributed by atoms with Gasteiger partial charge in [0, 0.05) is 35.5 Å². The molecule has 0 aromatic heterocycles. The van der Waals surface area contributed by atoms with Crippen molar-refractivity contribution >= 4 is 0 Å². The number of ether oxygens (including phenoxy) is 3. The van der Waals surface area contributed by atoms with E-state index in [1.54, 1.807) is 0 Å². The summed E-state index contributed by atoms with van der Waals surface area (Å²) in [5, 5.41) is 0. The van der Waals surface area contributed by atoms with Crippen molar-refractivity contribution in [3.63, 3.8) is 0 Å². The number of rotatable bonds is 17. The average molecular weight is 615 g/mol. The average Bonchev–Trinajstić information content (AvgIpc) is 3.66. The van der Waals surface area contributed by atoms with E-state index in [1.165, 1.54) is 62.7 Å². The highest BCUT2D eigenvalue weighted by atomic mass is 16.5. The van der Waals surface area contributed by atoms with Crippen molar-refractivity contribution in [3.05, 3.63) is 77.6 Å². The van der Waals surface area contributed by atoms with Gasteiger partial charge in [0.15, 0.2) is 0 Å². The Morgan fingerprint density at radius 3 is 2.07 bits per heavy atom. The highest BCUT2D eigenvalue weighted by Gasteiger charge is 2.31. The zero-order valence-corrected chi connectivity index (χ0v) is 28.5. The summed E-state index contributed by atoms with van der Waals surface area (Å²) < 4.78 is 19.7. The molecule has 2 heterocycles. The minimum atomic E-state index is 0.186. The van der Waals surface area contributed by atoms with Crippen molar-refractivity contribution in [1.82, 2.24) is 9.80 Å². The van der Waals surface area contributed by atoms with Crippen LogP contribution in [0.15, 0.2) is 66.5 Å². The Hall–Kier alpha value is -2.76. The second kappa shape index (κ2) is 17.2. The SMILES string of the molecule is CCCCc1ccc(OC2=CC=CC(c3ccc(OCCC4CCCN4C)cc3OCCC3CCCN3C)C2CCCC)cc1. The summed E-state index contributed by atoms with van der Waals surface area (Å²) in [6, 6.07) is 16.5. The molecule has 0 saturated carbocycles. The molecule has 0 radical (unpaired) electrons. The fourth-order valence-corrected chi connectivity index (χ4v) is 7.43. The molecule has 45 heavy (non-hydrogen) atoms. The first-order valence-corrected chi connectivity index (χ1v) is 18.0. The van der Waals surface area contributed by atoms with Gasteiger partial charge in [-0.1, -0.05) is 63.5 Å². The standard InChI is InChI=1S/C40H58N2O3/c1-5-7-12-31-18-20-34(21-19-31)45-39-17-9-16-36(37(39)15-8-6-2)38-23-22-35(43-28-24-32-13-10-26-41(32)3)30-40(38)44-29-25-33-14-11-27-42(33)4/h9,16-23,30,32-33,36-37H,5-8,10-15,24-29H2,1-4H3. The Labute approximate surface area is 273 Å². The molecule has 2 aromatic carbocycles. The molecule has 2 fully saturated rings. The molecule has 2 aromatic rings. The Balaban J connectivity index is 1.33. The predicted octanol–water partition coefficient (Wildman–Crippen LogP) is 9.18. The zero-order chi connectivity index (χ0) is 31.4. The van der Waals surface area contributed by atoms with Gasteiger partial charge in [-0.3, -0.25) is 0 Å². The number of hydrogen-bond donors (Lipinski definition) is 0. The second-order valence-corrected chi connectivity index (χ2v) is 13.6. The highest BCUT2D eigenvalue weighted by molar-refractivity contribution is 5.47. The van der Waals surface area contributed by atoms with Crippen molar-refractivity contribution in [2.75, 3.05) is 40.4 Å². The molecule has 5 nitrogen and oxygen atoms in total. The van der Waals surface area contributed by atoms with E-state index in [1.807, 2.05) is 0 Å². The minimum absolute atomic E-state index is 0.186. The number of aryl methyl sites for hydroxylation is 1. The summed E-state index contributed by atoms with van der Waals surface area (Å²) in [5.41, 5.74) is 2.62. The summed E-state index contributed by atoms with van der Waals surface area (Å²) in [6.07, 6.45) is 20.9. The van der Waals surface area contributed by atoms with Gasteiger partial charge in [0.25, 0.3) is 0 Å². The van der Waals surface area contributed by atoms with Crippen LogP contribution in [-0.2, 0) is 6.42 Å². The molecular weight excluding hydrogens is 556 g/mol. The van der Waals surface area contributed by atoms with Crippen LogP contribution in [0.3, 0.4) is 0 Å². The monoisotopic (exact) mass is 614 g/mol. The normalized spacial score (nSPS) is 23.8. The lowest BCUT2D eigenvalue weighted by atomic mass is 9.78. The molecule has 3 aliphatic rings. The maximum absolute atomic E-state index is 6.68. The van der Waals surface area contributed by atoms with E-state index in [0.717, 1.165) is 74.7 Å². The van der Waals surface area contributed by atoms with Gasteiger partial charge in [-0.15, -0.1) is 0 Å². The van der Waals surface area contributed by atoms with Crippen molar-refractivity contribution in [2.24, 2.45) is 5.92 Å². The van der Waals surface area contributed by atoms with Crippen molar-refractivity contribution in [1.29, 1.82) is 0 Å². The third-order valence-electron chi connectivity index (χ3n) is 10.3. The third-order valence-corrected chi connectivity index (χ3v) is 10.3. The van der Waals surface area contributed by atoms with E-state index >= 15 is 0 Å². The zero-order valence-electron chi connectivity index (χ0n) is 28.5. The molecule has 1 aliphatic carbocycles. The Kier molecular flexibility index (Phi) is 12.9. The van der Waals surface area contributed by atoms with Crippen LogP contribution in [0.1, 0.15) is 102 Å². The molecule has 0 N–H and O–H groups in total. The summed E-state index contributed by atoms with van der Waals surface area (Å²) in [5.74, 6) is 4.28. The first-order valence-electron chi connectivity index (χ1n) is 18.0. The number of unbranched alkanes of at least 4 members (excludes halogenated alkanes) is 2. The molecule has 0 spiro atoms. The number of nitrogens with zero attached hydrogens (tertiary/aromatic N) is 2. The maximum Gasteiger partial charge on any atom is 0.126 e. The van der Waals surface area contributed by atoms with Gasteiger partial charge >= 0.3 is 0 Å². The molecule has 5 rings (SSSR count). The molecule has 4 atom stereocenters. The summed E-state index contributed by atoms with van der Waals surface area (Å²) in [6.45, 7) is 8.37. The minimum Gasteiger partial charge on any atom is -0.493 e. The van der Waals surface area contributed by atoms with Gasteiger partial charge in [-0.2, -0.15) is 0 Å². The van der Waals surface area contributed by atoms with Crippen LogP contribution in [0, 0.1) is 5.92 Å². The molecule has 0 amide bonds. The van der Waals surface area contributed by atoms with Crippen molar-refractivity contribution in [2.45, 2.75) is 109 Å². The van der Waals surface area contributed by atoms with Crippen molar-refractivity contribution in [3.8, 4) is 17.2 Å². The van der Waals surface area contributed by atoms with E-state index in [2.05, 4.69) is 98.4 Å². The molecule has 4 unspecified atom stereocenters. The lowest BCUT2D eigenvalue weighted by molar-refractivity contribution is 0.224. The van der Waals surface area contributed by atoms with Gasteiger partial charge in [0.1, 0.15) is 23.0 Å². The van der Waals surface area contributed by atoms with E-state index in [-0.39, 0.29) is 11.8 Å². The maximum atomic E-state index is 6.68. The van der Waals surface area contributed by atoms with E-state index in [0.29, 0.717) is 12.1 Å². The lowest BCUT2D eigenvalue weighted by Crippen LogP contribution is -2.27. The van der Waals surface area contributed by atoms with E-state index in [9.17, 15) is 0 Å². The van der Waals surface area contributed by atoms with E-state index < -0.39 is 0 Å². The molecule has 2 saturated heterocycles. The van der Waals surface area contributed by atoms with Gasteiger partial charge < -0.3 is 24.0 Å². The van der Waals surface area contributed by atoms with Crippen molar-refractivity contribution < 1.29 is 14.2 Å². The van der Waals surface area contributed by atoms with Crippen LogP contribution in [-0.4, -0.2) is 62.3 Å². The highest BCUT2D eigenvalue weighted by Crippen LogP contribution is 2.43. The number of benzene rings is 2. The molecular formula is C40H58N2O3. The summed E-state index contributed by atoms with van der Waals surface area (Å²) in [4.78, 5) is 4.96. The number of allylic oxidation sites excluding steroid dienone is 4. The third kappa shape index (κ3) is 9.39. The largest absolute Gasteiger partial charge is 0.493 e. The second-order valence-electron chi connectivity index (χ2n) is 13.6. The fraction of sp³-hybridized carbons (Fsp3) is 0.600. The van der Waals surface area contributed by atoms with Crippen LogP contribution in [0.2, 0.25) is 0 Å². The first-order chi connectivity index (χ1) is 22.1. The van der Waals surface area contributed by atoms with Crippen LogP contribution in [0.25, 0.3) is 0 Å². The first kappa shape index (κ1) is 33.6. The van der Waals surface area contributed by atoms with Gasteiger partial charge in [-0.25, -0.2) is 0 Å². The smallest absolute Gasteiger partial charge is 0.126 e. The van der Waals surface area contributed by atoms with Crippen LogP contribution in [0.5, 0.6) is 17.2 Å². The predicted molar refractivity (Wildman–Crippen MR) is 187 cm³/mol.